The van der Waals surface area contributed by atoms with Gasteiger partial charge in [-0.05, 0) is 91.9 Å². The maximum Gasteiger partial charge on any atom is 0.363 e. The Bertz CT molecular complexity index is 1210. The van der Waals surface area contributed by atoms with E-state index in [4.69, 9.17) is 9.47 Å². The van der Waals surface area contributed by atoms with Crippen LogP contribution in [-0.4, -0.2) is 18.5 Å². The largest absolute Gasteiger partial charge is 0.491 e. The summed E-state index contributed by atoms with van der Waals surface area (Å²) in [5.41, 5.74) is 4.05. The summed E-state index contributed by atoms with van der Waals surface area (Å²) in [4.78, 5) is 16.8. The van der Waals surface area contributed by atoms with Gasteiger partial charge >= 0.3 is 5.97 Å². The van der Waals surface area contributed by atoms with Gasteiger partial charge in [0.2, 0.25) is 5.90 Å². The molecule has 32 heavy (non-hydrogen) atoms. The lowest BCUT2D eigenvalue weighted by molar-refractivity contribution is -0.129. The van der Waals surface area contributed by atoms with Crippen LogP contribution in [0.25, 0.3) is 6.08 Å². The number of rotatable bonds is 6. The molecule has 4 rings (SSSR count). The van der Waals surface area contributed by atoms with Crippen molar-refractivity contribution in [2.24, 2.45) is 4.99 Å². The molecule has 0 aromatic heterocycles. The molecule has 4 nitrogen and oxygen atoms in total. The average Bonchev–Trinajstić information content (AvgIpc) is 3.13. The fourth-order valence-electron chi connectivity index (χ4n) is 3.18. The second-order valence-corrected chi connectivity index (χ2v) is 9.76. The number of cyclic esters (lactones) is 1. The van der Waals surface area contributed by atoms with Crippen LogP contribution in [0.4, 0.5) is 0 Å². The molecule has 1 aliphatic rings. The van der Waals surface area contributed by atoms with Crippen molar-refractivity contribution in [3.8, 4) is 5.75 Å². The Hall–Kier alpha value is -2.22. The number of ether oxygens (including phenoxy) is 2. The number of hydrogen-bond acceptors (Lipinski definition) is 4. The lowest BCUT2D eigenvalue weighted by Crippen LogP contribution is -2.05. The average molecular weight is 620 g/mol. The van der Waals surface area contributed by atoms with Gasteiger partial charge in [-0.1, -0.05) is 46.3 Å². The number of esters is 1. The highest BCUT2D eigenvalue weighted by Crippen LogP contribution is 2.36. The van der Waals surface area contributed by atoms with E-state index in [9.17, 15) is 4.79 Å². The molecule has 0 saturated heterocycles. The number of aliphatic imine (C=N–C) groups is 1. The van der Waals surface area contributed by atoms with Crippen molar-refractivity contribution < 1.29 is 14.3 Å². The first-order valence-corrected chi connectivity index (χ1v) is 12.2. The van der Waals surface area contributed by atoms with E-state index >= 15 is 0 Å². The Morgan fingerprint density at radius 3 is 2.38 bits per heavy atom. The molecule has 3 aromatic rings. The molecule has 1 aliphatic heterocycles. The fourth-order valence-corrected chi connectivity index (χ4v) is 4.88. The molecule has 0 spiro atoms. The van der Waals surface area contributed by atoms with Crippen molar-refractivity contribution >= 4 is 65.7 Å². The van der Waals surface area contributed by atoms with E-state index in [1.165, 1.54) is 5.56 Å². The smallest absolute Gasteiger partial charge is 0.363 e. The third-order valence-electron chi connectivity index (χ3n) is 4.83. The van der Waals surface area contributed by atoms with E-state index in [0.29, 0.717) is 18.3 Å². The molecule has 0 N–H and O–H groups in total. The van der Waals surface area contributed by atoms with Crippen molar-refractivity contribution in [2.45, 2.75) is 13.3 Å². The molecular formula is C25H18Br3NO3. The van der Waals surface area contributed by atoms with E-state index in [1.807, 2.05) is 55.5 Å². The van der Waals surface area contributed by atoms with Gasteiger partial charge in [0.1, 0.15) is 5.75 Å². The second-order valence-electron chi connectivity index (χ2n) is 7.20. The summed E-state index contributed by atoms with van der Waals surface area (Å²) >= 11 is 10.6. The molecule has 0 radical (unpaired) electrons. The zero-order valence-corrected chi connectivity index (χ0v) is 21.8. The maximum absolute atomic E-state index is 12.4. The number of aryl methyl sites for hydroxylation is 1. The van der Waals surface area contributed by atoms with Crippen LogP contribution in [0.2, 0.25) is 0 Å². The molecule has 0 aliphatic carbocycles. The summed E-state index contributed by atoms with van der Waals surface area (Å²) in [6.07, 6.45) is 2.51. The molecule has 0 fully saturated rings. The van der Waals surface area contributed by atoms with Gasteiger partial charge in [-0.3, -0.25) is 0 Å². The minimum Gasteiger partial charge on any atom is -0.491 e. The second kappa shape index (κ2) is 10.1. The molecule has 0 bridgehead atoms. The first-order chi connectivity index (χ1) is 15.4. The van der Waals surface area contributed by atoms with Crippen molar-refractivity contribution in [1.29, 1.82) is 0 Å². The third kappa shape index (κ3) is 5.39. The first kappa shape index (κ1) is 23.0. The topological polar surface area (TPSA) is 47.9 Å². The van der Waals surface area contributed by atoms with Crippen LogP contribution < -0.4 is 4.74 Å². The lowest BCUT2D eigenvalue weighted by atomic mass is 10.1. The number of carbonyl (C=O) groups excluding carboxylic acids is 1. The lowest BCUT2D eigenvalue weighted by Gasteiger charge is -2.11. The van der Waals surface area contributed by atoms with Crippen LogP contribution in [0.1, 0.15) is 22.3 Å². The molecule has 3 aromatic carbocycles. The number of nitrogens with zero attached hydrogens (tertiary/aromatic N) is 1. The van der Waals surface area contributed by atoms with Gasteiger partial charge in [0, 0.05) is 16.5 Å². The van der Waals surface area contributed by atoms with E-state index < -0.39 is 5.97 Å². The molecule has 162 valence electrons. The molecule has 1 heterocycles. The zero-order chi connectivity index (χ0) is 22.7. The minimum absolute atomic E-state index is 0.247. The van der Waals surface area contributed by atoms with Gasteiger partial charge in [0.05, 0.1) is 15.6 Å². The summed E-state index contributed by atoms with van der Waals surface area (Å²) < 4.78 is 13.9. The van der Waals surface area contributed by atoms with Gasteiger partial charge in [-0.25, -0.2) is 9.79 Å². The van der Waals surface area contributed by atoms with Gasteiger partial charge in [-0.2, -0.15) is 0 Å². The Labute approximate surface area is 211 Å². The van der Waals surface area contributed by atoms with Crippen molar-refractivity contribution in [2.75, 3.05) is 6.61 Å². The van der Waals surface area contributed by atoms with Gasteiger partial charge in [0.15, 0.2) is 5.70 Å². The van der Waals surface area contributed by atoms with Crippen molar-refractivity contribution in [3.63, 3.8) is 0 Å². The minimum atomic E-state index is -0.476. The van der Waals surface area contributed by atoms with Crippen LogP contribution in [0.3, 0.4) is 0 Å². The summed E-state index contributed by atoms with van der Waals surface area (Å²) in [6, 6.07) is 19.7. The van der Waals surface area contributed by atoms with Crippen molar-refractivity contribution in [3.05, 3.63) is 102 Å². The third-order valence-corrected chi connectivity index (χ3v) is 6.90. The van der Waals surface area contributed by atoms with Crippen LogP contribution in [0.15, 0.2) is 84.8 Å². The highest BCUT2D eigenvalue weighted by Gasteiger charge is 2.24. The van der Waals surface area contributed by atoms with Gasteiger partial charge < -0.3 is 9.47 Å². The maximum atomic E-state index is 12.4. The highest BCUT2D eigenvalue weighted by molar-refractivity contribution is 9.11. The van der Waals surface area contributed by atoms with E-state index in [1.54, 1.807) is 6.08 Å². The molecule has 7 heteroatoms. The van der Waals surface area contributed by atoms with Crippen LogP contribution in [-0.2, 0) is 16.0 Å². The number of carbonyl (C=O) groups is 1. The van der Waals surface area contributed by atoms with E-state index in [0.717, 1.165) is 36.5 Å². The summed E-state index contributed by atoms with van der Waals surface area (Å²) in [6.45, 7) is 2.52. The van der Waals surface area contributed by atoms with E-state index in [-0.39, 0.29) is 5.70 Å². The highest BCUT2D eigenvalue weighted by atomic mass is 79.9. The zero-order valence-electron chi connectivity index (χ0n) is 17.1. The molecule has 0 amide bonds. The SMILES string of the molecule is Cc1cc(C2=NC(=Cc3cc(Br)c(OCCc4ccccc4)c(Br)c3)C(=O)O2)ccc1Br. The molecular weight excluding hydrogens is 602 g/mol. The Kier molecular flexibility index (Phi) is 7.28. The van der Waals surface area contributed by atoms with Gasteiger partial charge in [0.25, 0.3) is 0 Å². The predicted molar refractivity (Wildman–Crippen MR) is 137 cm³/mol. The summed E-state index contributed by atoms with van der Waals surface area (Å²) in [5.74, 6) is 0.540. The standard InChI is InChI=1S/C25H18Br3NO3/c1-15-11-18(7-8-19(15)26)24-29-22(25(30)32-24)14-17-12-20(27)23(21(28)13-17)31-10-9-16-5-3-2-4-6-16/h2-8,11-14H,9-10H2,1H3. The fraction of sp³-hybridized carbons (Fsp3) is 0.120. The van der Waals surface area contributed by atoms with Crippen LogP contribution in [0.5, 0.6) is 5.75 Å². The van der Waals surface area contributed by atoms with Crippen LogP contribution in [0, 0.1) is 6.92 Å². The monoisotopic (exact) mass is 617 g/mol. The Balaban J connectivity index is 1.51. The van der Waals surface area contributed by atoms with Gasteiger partial charge in [-0.15, -0.1) is 0 Å². The normalized spacial score (nSPS) is 14.4. The predicted octanol–water partition coefficient (Wildman–Crippen LogP) is 7.25. The van der Waals surface area contributed by atoms with E-state index in [2.05, 4.69) is 64.9 Å². The quantitative estimate of drug-likeness (QED) is 0.216. The molecule has 0 saturated carbocycles. The Morgan fingerprint density at radius 2 is 1.69 bits per heavy atom. The Morgan fingerprint density at radius 1 is 0.969 bits per heavy atom. The number of halogens is 3. The molecule has 0 atom stereocenters. The number of benzene rings is 3. The summed E-state index contributed by atoms with van der Waals surface area (Å²) in [7, 11) is 0. The molecule has 0 unspecified atom stereocenters. The summed E-state index contributed by atoms with van der Waals surface area (Å²) in [5, 5.41) is 0. The first-order valence-electron chi connectivity index (χ1n) is 9.85. The van der Waals surface area contributed by atoms with Crippen molar-refractivity contribution in [1.82, 2.24) is 0 Å². The number of hydrogen-bond donors (Lipinski definition) is 0. The van der Waals surface area contributed by atoms with Crippen LogP contribution >= 0.6 is 47.8 Å².